The van der Waals surface area contributed by atoms with E-state index in [9.17, 15) is 9.59 Å². The second-order valence-corrected chi connectivity index (χ2v) is 8.05. The van der Waals surface area contributed by atoms with Crippen LogP contribution in [0.1, 0.15) is 56.2 Å². The predicted octanol–water partition coefficient (Wildman–Crippen LogP) is 3.36. The molecule has 7 heteroatoms. The van der Waals surface area contributed by atoms with E-state index in [-0.39, 0.29) is 23.7 Å². The van der Waals surface area contributed by atoms with Crippen molar-refractivity contribution in [3.05, 3.63) is 35.7 Å². The first-order chi connectivity index (χ1) is 12.8. The van der Waals surface area contributed by atoms with E-state index in [0.29, 0.717) is 48.8 Å². The van der Waals surface area contributed by atoms with Gasteiger partial charge < -0.3 is 14.5 Å². The molecule has 0 atom stereocenters. The molecule has 0 saturated carbocycles. The number of rotatable bonds is 4. The number of nitrogens with zero attached hydrogens (tertiary/aromatic N) is 3. The van der Waals surface area contributed by atoms with Crippen LogP contribution in [0.3, 0.4) is 0 Å². The Balaban J connectivity index is 1.79. The van der Waals surface area contributed by atoms with Crippen molar-refractivity contribution in [3.63, 3.8) is 0 Å². The van der Waals surface area contributed by atoms with E-state index in [1.165, 1.54) is 0 Å². The molecule has 0 unspecified atom stereocenters. The summed E-state index contributed by atoms with van der Waals surface area (Å²) >= 11 is 0. The topological polar surface area (TPSA) is 96.5 Å². The quantitative estimate of drug-likeness (QED) is 0.885. The first-order valence-corrected chi connectivity index (χ1v) is 9.20. The van der Waals surface area contributed by atoms with E-state index < -0.39 is 5.97 Å². The SMILES string of the molecule is CC(C)(C)c1noc(-c2ccccc2C(=O)N2CCC(CC(=O)O)CC2)n1. The summed E-state index contributed by atoms with van der Waals surface area (Å²) in [5, 5.41) is 13.0. The van der Waals surface area contributed by atoms with Gasteiger partial charge in [-0.1, -0.05) is 38.1 Å². The summed E-state index contributed by atoms with van der Waals surface area (Å²) < 4.78 is 5.42. The molecule has 2 heterocycles. The van der Waals surface area contributed by atoms with Crippen LogP contribution in [-0.4, -0.2) is 45.1 Å². The first kappa shape index (κ1) is 19.1. The van der Waals surface area contributed by atoms with Crippen LogP contribution >= 0.6 is 0 Å². The number of likely N-dealkylation sites (tertiary alicyclic amines) is 1. The normalized spacial score (nSPS) is 15.7. The second kappa shape index (κ2) is 7.50. The van der Waals surface area contributed by atoms with Crippen LogP contribution in [0.5, 0.6) is 0 Å². The van der Waals surface area contributed by atoms with Crippen molar-refractivity contribution < 1.29 is 19.2 Å². The molecule has 7 nitrogen and oxygen atoms in total. The van der Waals surface area contributed by atoms with Crippen molar-refractivity contribution in [2.75, 3.05) is 13.1 Å². The monoisotopic (exact) mass is 371 g/mol. The first-order valence-electron chi connectivity index (χ1n) is 9.20. The number of amides is 1. The predicted molar refractivity (Wildman–Crippen MR) is 99.3 cm³/mol. The van der Waals surface area contributed by atoms with Crippen LogP contribution in [0.15, 0.2) is 28.8 Å². The van der Waals surface area contributed by atoms with Crippen LogP contribution in [0.2, 0.25) is 0 Å². The number of aliphatic carboxylic acids is 1. The summed E-state index contributed by atoms with van der Waals surface area (Å²) in [4.78, 5) is 30.2. The van der Waals surface area contributed by atoms with Crippen LogP contribution in [0.4, 0.5) is 0 Å². The van der Waals surface area contributed by atoms with E-state index in [2.05, 4.69) is 10.1 Å². The lowest BCUT2D eigenvalue weighted by molar-refractivity contribution is -0.138. The Kier molecular flexibility index (Phi) is 5.30. The molecular weight excluding hydrogens is 346 g/mol. The van der Waals surface area contributed by atoms with Crippen molar-refractivity contribution >= 4 is 11.9 Å². The Bertz CT molecular complexity index is 830. The highest BCUT2D eigenvalue weighted by atomic mass is 16.5. The van der Waals surface area contributed by atoms with E-state index in [1.807, 2.05) is 39.0 Å². The van der Waals surface area contributed by atoms with Gasteiger partial charge in [0.15, 0.2) is 5.82 Å². The van der Waals surface area contributed by atoms with Crippen molar-refractivity contribution in [1.82, 2.24) is 15.0 Å². The summed E-state index contributed by atoms with van der Waals surface area (Å²) in [6, 6.07) is 7.23. The third-order valence-corrected chi connectivity index (χ3v) is 4.85. The minimum absolute atomic E-state index is 0.0881. The lowest BCUT2D eigenvalue weighted by Gasteiger charge is -2.31. The van der Waals surface area contributed by atoms with Gasteiger partial charge in [-0.15, -0.1) is 0 Å². The van der Waals surface area contributed by atoms with Gasteiger partial charge in [0.2, 0.25) is 0 Å². The molecule has 2 aromatic rings. The van der Waals surface area contributed by atoms with Gasteiger partial charge in [-0.05, 0) is 30.9 Å². The van der Waals surface area contributed by atoms with Crippen molar-refractivity contribution in [2.45, 2.75) is 45.4 Å². The fourth-order valence-electron chi connectivity index (χ4n) is 3.25. The van der Waals surface area contributed by atoms with Gasteiger partial charge in [-0.2, -0.15) is 4.98 Å². The van der Waals surface area contributed by atoms with Gasteiger partial charge in [-0.3, -0.25) is 9.59 Å². The Morgan fingerprint density at radius 2 is 1.89 bits per heavy atom. The van der Waals surface area contributed by atoms with Gasteiger partial charge >= 0.3 is 5.97 Å². The van der Waals surface area contributed by atoms with Crippen LogP contribution < -0.4 is 0 Å². The fourth-order valence-corrected chi connectivity index (χ4v) is 3.25. The molecule has 1 fully saturated rings. The molecule has 1 aliphatic heterocycles. The second-order valence-electron chi connectivity index (χ2n) is 8.05. The minimum atomic E-state index is -0.781. The number of aromatic nitrogens is 2. The maximum absolute atomic E-state index is 13.0. The highest BCUT2D eigenvalue weighted by molar-refractivity contribution is 6.00. The Labute approximate surface area is 158 Å². The summed E-state index contributed by atoms with van der Waals surface area (Å²) in [6.45, 7) is 7.12. The summed E-state index contributed by atoms with van der Waals surface area (Å²) in [7, 11) is 0. The number of hydrogen-bond acceptors (Lipinski definition) is 5. The van der Waals surface area contributed by atoms with E-state index >= 15 is 0 Å². The molecule has 1 aliphatic rings. The molecule has 1 aromatic carbocycles. The standard InChI is InChI=1S/C20H25N3O4/c1-20(2,3)19-21-17(27-22-19)14-6-4-5-7-15(14)18(26)23-10-8-13(9-11-23)12-16(24)25/h4-7,13H,8-12H2,1-3H3,(H,24,25). The van der Waals surface area contributed by atoms with Gasteiger partial charge in [0.25, 0.3) is 11.8 Å². The summed E-state index contributed by atoms with van der Waals surface area (Å²) in [5.41, 5.74) is 0.906. The minimum Gasteiger partial charge on any atom is -0.481 e. The zero-order valence-corrected chi connectivity index (χ0v) is 15.9. The molecule has 1 amide bonds. The maximum atomic E-state index is 13.0. The molecule has 0 aliphatic carbocycles. The Morgan fingerprint density at radius 1 is 1.22 bits per heavy atom. The van der Waals surface area contributed by atoms with Gasteiger partial charge in [0.1, 0.15) is 0 Å². The highest BCUT2D eigenvalue weighted by Crippen LogP contribution is 2.28. The third-order valence-electron chi connectivity index (χ3n) is 4.85. The Morgan fingerprint density at radius 3 is 2.48 bits per heavy atom. The molecule has 27 heavy (non-hydrogen) atoms. The fraction of sp³-hybridized carbons (Fsp3) is 0.500. The molecule has 1 saturated heterocycles. The number of carboxylic acid groups (broad SMARTS) is 1. The molecule has 0 radical (unpaired) electrons. The number of piperidine rings is 1. The van der Waals surface area contributed by atoms with Gasteiger partial charge in [-0.25, -0.2) is 0 Å². The number of benzene rings is 1. The summed E-state index contributed by atoms with van der Waals surface area (Å²) in [6.07, 6.45) is 1.57. The van der Waals surface area contributed by atoms with Crippen molar-refractivity contribution in [2.24, 2.45) is 5.92 Å². The van der Waals surface area contributed by atoms with Crippen LogP contribution in [0.25, 0.3) is 11.5 Å². The number of carboxylic acids is 1. The van der Waals surface area contributed by atoms with Crippen LogP contribution in [-0.2, 0) is 10.2 Å². The van der Waals surface area contributed by atoms with E-state index in [1.54, 1.807) is 11.0 Å². The lowest BCUT2D eigenvalue weighted by atomic mass is 9.93. The van der Waals surface area contributed by atoms with Gasteiger partial charge in [0.05, 0.1) is 11.1 Å². The molecule has 144 valence electrons. The van der Waals surface area contributed by atoms with Crippen molar-refractivity contribution in [3.8, 4) is 11.5 Å². The summed E-state index contributed by atoms with van der Waals surface area (Å²) in [5.74, 6) is 0.192. The molecule has 1 N–H and O–H groups in total. The smallest absolute Gasteiger partial charge is 0.303 e. The van der Waals surface area contributed by atoms with Gasteiger partial charge in [0, 0.05) is 24.9 Å². The van der Waals surface area contributed by atoms with E-state index in [4.69, 9.17) is 9.63 Å². The zero-order valence-electron chi connectivity index (χ0n) is 15.9. The van der Waals surface area contributed by atoms with E-state index in [0.717, 1.165) is 0 Å². The molecule has 0 bridgehead atoms. The zero-order chi connectivity index (χ0) is 19.6. The average Bonchev–Trinajstić information content (AvgIpc) is 3.12. The Hall–Kier alpha value is -2.70. The highest BCUT2D eigenvalue weighted by Gasteiger charge is 2.28. The van der Waals surface area contributed by atoms with Crippen LogP contribution in [0, 0.1) is 5.92 Å². The largest absolute Gasteiger partial charge is 0.481 e. The molecule has 0 spiro atoms. The lowest BCUT2D eigenvalue weighted by Crippen LogP contribution is -2.39. The number of carbonyl (C=O) groups is 2. The third kappa shape index (κ3) is 4.35. The molecular formula is C20H25N3O4. The molecule has 1 aromatic heterocycles. The number of hydrogen-bond donors (Lipinski definition) is 1. The number of carbonyl (C=O) groups excluding carboxylic acids is 1. The average molecular weight is 371 g/mol. The maximum Gasteiger partial charge on any atom is 0.303 e. The molecule has 3 rings (SSSR count). The van der Waals surface area contributed by atoms with Crippen molar-refractivity contribution in [1.29, 1.82) is 0 Å².